The van der Waals surface area contributed by atoms with Crippen LogP contribution in [-0.2, 0) is 4.79 Å². The SMILES string of the molecule is O=C([C@@H]1C[C@@H](Oc2ccccc2)CN1)N1CCCN(C2CCC2)CC1. The summed E-state index contributed by atoms with van der Waals surface area (Å²) in [5.74, 6) is 1.14. The zero-order valence-electron chi connectivity index (χ0n) is 14.9. The van der Waals surface area contributed by atoms with Crippen molar-refractivity contribution in [2.45, 2.75) is 50.3 Å². The van der Waals surface area contributed by atoms with E-state index in [1.54, 1.807) is 0 Å². The van der Waals surface area contributed by atoms with Crippen molar-refractivity contribution in [1.29, 1.82) is 0 Å². The number of carbonyl (C=O) groups excluding carboxylic acids is 1. The normalized spacial score (nSPS) is 28.4. The Kier molecular flexibility index (Phi) is 5.22. The molecular formula is C20H29N3O2. The Morgan fingerprint density at radius 1 is 1.04 bits per heavy atom. The lowest BCUT2D eigenvalue weighted by Gasteiger charge is -2.36. The van der Waals surface area contributed by atoms with Crippen LogP contribution in [0.2, 0.25) is 0 Å². The van der Waals surface area contributed by atoms with Gasteiger partial charge < -0.3 is 15.0 Å². The number of hydrogen-bond acceptors (Lipinski definition) is 4. The van der Waals surface area contributed by atoms with E-state index in [4.69, 9.17) is 4.74 Å². The first-order chi connectivity index (χ1) is 12.3. The molecule has 0 bridgehead atoms. The molecule has 25 heavy (non-hydrogen) atoms. The van der Waals surface area contributed by atoms with Gasteiger partial charge in [0, 0.05) is 45.2 Å². The molecule has 4 rings (SSSR count). The second kappa shape index (κ2) is 7.75. The van der Waals surface area contributed by atoms with Gasteiger partial charge in [-0.1, -0.05) is 24.6 Å². The van der Waals surface area contributed by atoms with E-state index >= 15 is 0 Å². The fourth-order valence-electron chi connectivity index (χ4n) is 4.17. The molecule has 1 saturated carbocycles. The molecule has 1 aromatic rings. The lowest BCUT2D eigenvalue weighted by Crippen LogP contribution is -2.46. The zero-order chi connectivity index (χ0) is 17.1. The van der Waals surface area contributed by atoms with Gasteiger partial charge >= 0.3 is 0 Å². The largest absolute Gasteiger partial charge is 0.489 e. The highest BCUT2D eigenvalue weighted by atomic mass is 16.5. The summed E-state index contributed by atoms with van der Waals surface area (Å²) in [6, 6.07) is 10.6. The molecule has 3 aliphatic rings. The number of benzene rings is 1. The van der Waals surface area contributed by atoms with E-state index in [2.05, 4.69) is 15.1 Å². The van der Waals surface area contributed by atoms with Crippen LogP contribution in [0.4, 0.5) is 0 Å². The van der Waals surface area contributed by atoms with E-state index < -0.39 is 0 Å². The van der Waals surface area contributed by atoms with Crippen LogP contribution in [0.15, 0.2) is 30.3 Å². The van der Waals surface area contributed by atoms with Crippen LogP contribution >= 0.6 is 0 Å². The molecule has 2 atom stereocenters. The highest BCUT2D eigenvalue weighted by Gasteiger charge is 2.35. The molecule has 0 unspecified atom stereocenters. The van der Waals surface area contributed by atoms with Crippen LogP contribution in [-0.4, -0.2) is 66.6 Å². The third kappa shape index (κ3) is 3.98. The minimum absolute atomic E-state index is 0.0785. The molecular weight excluding hydrogens is 314 g/mol. The summed E-state index contributed by atoms with van der Waals surface area (Å²) in [5.41, 5.74) is 0. The Balaban J connectivity index is 1.28. The Bertz CT molecular complexity index is 576. The number of rotatable bonds is 4. The van der Waals surface area contributed by atoms with Crippen molar-refractivity contribution in [1.82, 2.24) is 15.1 Å². The Morgan fingerprint density at radius 2 is 1.88 bits per heavy atom. The molecule has 0 aromatic heterocycles. The van der Waals surface area contributed by atoms with Gasteiger partial charge in [-0.05, 0) is 31.4 Å². The van der Waals surface area contributed by atoms with Gasteiger partial charge in [-0.2, -0.15) is 0 Å². The van der Waals surface area contributed by atoms with Crippen LogP contribution in [0, 0.1) is 0 Å². The van der Waals surface area contributed by atoms with Crippen LogP contribution in [0.25, 0.3) is 0 Å². The van der Waals surface area contributed by atoms with Gasteiger partial charge in [-0.25, -0.2) is 0 Å². The van der Waals surface area contributed by atoms with Crippen molar-refractivity contribution >= 4 is 5.91 Å². The van der Waals surface area contributed by atoms with Crippen molar-refractivity contribution in [3.05, 3.63) is 30.3 Å². The van der Waals surface area contributed by atoms with Gasteiger partial charge in [0.2, 0.25) is 5.91 Å². The molecule has 2 heterocycles. The van der Waals surface area contributed by atoms with Crippen molar-refractivity contribution in [3.63, 3.8) is 0 Å². The number of para-hydroxylation sites is 1. The minimum Gasteiger partial charge on any atom is -0.489 e. The maximum atomic E-state index is 12.9. The molecule has 0 spiro atoms. The van der Waals surface area contributed by atoms with Crippen LogP contribution in [0.5, 0.6) is 5.75 Å². The van der Waals surface area contributed by atoms with Gasteiger partial charge in [0.15, 0.2) is 0 Å². The smallest absolute Gasteiger partial charge is 0.239 e. The second-order valence-electron chi connectivity index (χ2n) is 7.55. The first-order valence-electron chi connectivity index (χ1n) is 9.77. The second-order valence-corrected chi connectivity index (χ2v) is 7.55. The molecule has 1 N–H and O–H groups in total. The van der Waals surface area contributed by atoms with Gasteiger partial charge in [-0.3, -0.25) is 9.69 Å². The minimum atomic E-state index is -0.0936. The molecule has 3 fully saturated rings. The van der Waals surface area contributed by atoms with Crippen LogP contribution < -0.4 is 10.1 Å². The first kappa shape index (κ1) is 16.9. The average Bonchev–Trinajstić information content (AvgIpc) is 2.91. The number of carbonyl (C=O) groups is 1. The molecule has 1 amide bonds. The van der Waals surface area contributed by atoms with E-state index in [0.717, 1.165) is 57.4 Å². The molecule has 5 nitrogen and oxygen atoms in total. The molecule has 1 aliphatic carbocycles. The van der Waals surface area contributed by atoms with E-state index in [-0.39, 0.29) is 18.1 Å². The highest BCUT2D eigenvalue weighted by molar-refractivity contribution is 5.82. The Hall–Kier alpha value is -1.59. The summed E-state index contributed by atoms with van der Waals surface area (Å²) in [6.45, 7) is 4.69. The third-order valence-corrected chi connectivity index (χ3v) is 5.87. The Morgan fingerprint density at radius 3 is 2.64 bits per heavy atom. The van der Waals surface area contributed by atoms with E-state index in [9.17, 15) is 4.79 Å². The third-order valence-electron chi connectivity index (χ3n) is 5.87. The summed E-state index contributed by atoms with van der Waals surface area (Å²) < 4.78 is 6.00. The molecule has 2 aliphatic heterocycles. The van der Waals surface area contributed by atoms with Crippen molar-refractivity contribution in [2.75, 3.05) is 32.7 Å². The standard InChI is InChI=1S/C20H29N3O2/c24-20(23-11-5-10-22(12-13-23)16-6-4-7-16)19-14-18(15-21-19)25-17-8-2-1-3-9-17/h1-3,8-9,16,18-19,21H,4-7,10-15H2/t18-,19+/m1/s1. The lowest BCUT2D eigenvalue weighted by atomic mass is 9.91. The predicted octanol–water partition coefficient (Wildman–Crippen LogP) is 1.88. The summed E-state index contributed by atoms with van der Waals surface area (Å²) in [6.07, 6.45) is 6.00. The highest BCUT2D eigenvalue weighted by Crippen LogP contribution is 2.26. The van der Waals surface area contributed by atoms with Gasteiger partial charge in [0.1, 0.15) is 11.9 Å². The lowest BCUT2D eigenvalue weighted by molar-refractivity contribution is -0.133. The van der Waals surface area contributed by atoms with Gasteiger partial charge in [0.05, 0.1) is 6.04 Å². The van der Waals surface area contributed by atoms with E-state index in [1.807, 2.05) is 30.3 Å². The summed E-state index contributed by atoms with van der Waals surface area (Å²) in [7, 11) is 0. The monoisotopic (exact) mass is 343 g/mol. The number of amides is 1. The molecule has 136 valence electrons. The number of ether oxygens (including phenoxy) is 1. The zero-order valence-corrected chi connectivity index (χ0v) is 14.9. The quantitative estimate of drug-likeness (QED) is 0.907. The number of nitrogens with one attached hydrogen (secondary N) is 1. The molecule has 2 saturated heterocycles. The van der Waals surface area contributed by atoms with Gasteiger partial charge in [0.25, 0.3) is 0 Å². The molecule has 0 radical (unpaired) electrons. The fraction of sp³-hybridized carbons (Fsp3) is 0.650. The average molecular weight is 343 g/mol. The molecule has 1 aromatic carbocycles. The maximum absolute atomic E-state index is 12.9. The van der Waals surface area contributed by atoms with Crippen LogP contribution in [0.3, 0.4) is 0 Å². The number of nitrogens with zero attached hydrogens (tertiary/aromatic N) is 2. The predicted molar refractivity (Wildman–Crippen MR) is 97.7 cm³/mol. The summed E-state index contributed by atoms with van der Waals surface area (Å²) >= 11 is 0. The van der Waals surface area contributed by atoms with Crippen LogP contribution in [0.1, 0.15) is 32.1 Å². The topological polar surface area (TPSA) is 44.8 Å². The summed E-state index contributed by atoms with van der Waals surface area (Å²) in [5, 5.41) is 3.37. The maximum Gasteiger partial charge on any atom is 0.239 e. The Labute approximate surface area is 150 Å². The number of hydrogen-bond donors (Lipinski definition) is 1. The van der Waals surface area contributed by atoms with Crippen molar-refractivity contribution in [2.24, 2.45) is 0 Å². The first-order valence-corrected chi connectivity index (χ1v) is 9.77. The fourth-order valence-corrected chi connectivity index (χ4v) is 4.17. The van der Waals surface area contributed by atoms with Crippen molar-refractivity contribution in [3.8, 4) is 5.75 Å². The summed E-state index contributed by atoms with van der Waals surface area (Å²) in [4.78, 5) is 17.6. The molecule has 5 heteroatoms. The van der Waals surface area contributed by atoms with E-state index in [1.165, 1.54) is 19.3 Å². The van der Waals surface area contributed by atoms with E-state index in [0.29, 0.717) is 0 Å². The van der Waals surface area contributed by atoms with Crippen molar-refractivity contribution < 1.29 is 9.53 Å². The van der Waals surface area contributed by atoms with Gasteiger partial charge in [-0.15, -0.1) is 0 Å².